The third-order valence-electron chi connectivity index (χ3n) is 3.42. The van der Waals surface area contributed by atoms with Gasteiger partial charge in [0, 0.05) is 16.8 Å². The Morgan fingerprint density at radius 3 is 2.74 bits per heavy atom. The smallest absolute Gasteiger partial charge is 0.308 e. The molecule has 0 heterocycles. The van der Waals surface area contributed by atoms with Crippen molar-refractivity contribution in [1.82, 2.24) is 0 Å². The first kappa shape index (κ1) is 13.7. The molecule has 5 nitrogen and oxygen atoms in total. The summed E-state index contributed by atoms with van der Waals surface area (Å²) in [6, 6.07) is 4.52. The van der Waals surface area contributed by atoms with Gasteiger partial charge in [-0.05, 0) is 31.0 Å². The molecular weight excluding hydrogens is 268 g/mol. The molecule has 2 atom stereocenters. The number of rotatable bonds is 4. The van der Waals surface area contributed by atoms with Crippen LogP contribution in [-0.2, 0) is 4.79 Å². The number of primary amides is 1. The maximum atomic E-state index is 11.3. The lowest BCUT2D eigenvalue weighted by molar-refractivity contribution is -0.141. The molecule has 0 saturated heterocycles. The molecule has 0 spiro atoms. The Morgan fingerprint density at radius 1 is 1.37 bits per heavy atom. The van der Waals surface area contributed by atoms with Crippen molar-refractivity contribution in [2.75, 3.05) is 5.32 Å². The van der Waals surface area contributed by atoms with Crippen molar-refractivity contribution in [3.63, 3.8) is 0 Å². The molecule has 6 heteroatoms. The maximum absolute atomic E-state index is 11.3. The number of halogens is 1. The first-order valence-corrected chi connectivity index (χ1v) is 6.45. The van der Waals surface area contributed by atoms with E-state index in [1.807, 2.05) is 0 Å². The molecule has 1 aliphatic carbocycles. The van der Waals surface area contributed by atoms with Gasteiger partial charge in [0.2, 0.25) is 0 Å². The van der Waals surface area contributed by atoms with E-state index in [-0.39, 0.29) is 6.04 Å². The Hall–Kier alpha value is -1.75. The predicted octanol–water partition coefficient (Wildman–Crippen LogP) is 2.10. The van der Waals surface area contributed by atoms with Gasteiger partial charge in [-0.2, -0.15) is 0 Å². The summed E-state index contributed by atoms with van der Waals surface area (Å²) in [7, 11) is 0. The maximum Gasteiger partial charge on any atom is 0.308 e. The molecule has 0 aliphatic heterocycles. The van der Waals surface area contributed by atoms with Crippen LogP contribution < -0.4 is 11.1 Å². The Balaban J connectivity index is 2.25. The lowest BCUT2D eigenvalue weighted by Crippen LogP contribution is -2.30. The van der Waals surface area contributed by atoms with E-state index in [4.69, 9.17) is 22.4 Å². The predicted molar refractivity (Wildman–Crippen MR) is 72.4 cm³/mol. The standard InChI is InChI=1S/C13H15ClN2O3/c14-7-4-5-8(12(15)17)11(6-7)16-10-3-1-2-9(10)13(18)19/h4-6,9-10,16H,1-3H2,(H2,15,17)(H,18,19). The molecule has 1 aromatic carbocycles. The second-order valence-electron chi connectivity index (χ2n) is 4.68. The van der Waals surface area contributed by atoms with Crippen molar-refractivity contribution < 1.29 is 14.7 Å². The van der Waals surface area contributed by atoms with Crippen LogP contribution in [0.25, 0.3) is 0 Å². The summed E-state index contributed by atoms with van der Waals surface area (Å²) in [5.41, 5.74) is 6.11. The zero-order valence-electron chi connectivity index (χ0n) is 10.2. The van der Waals surface area contributed by atoms with E-state index in [2.05, 4.69) is 5.32 Å². The summed E-state index contributed by atoms with van der Waals surface area (Å²) in [5.74, 6) is -1.83. The first-order chi connectivity index (χ1) is 8.99. The highest BCUT2D eigenvalue weighted by atomic mass is 35.5. The van der Waals surface area contributed by atoms with Gasteiger partial charge in [0.05, 0.1) is 11.5 Å². The Bertz CT molecular complexity index is 519. The second-order valence-corrected chi connectivity index (χ2v) is 5.12. The van der Waals surface area contributed by atoms with E-state index in [0.29, 0.717) is 22.7 Å². The minimum absolute atomic E-state index is 0.200. The van der Waals surface area contributed by atoms with Crippen molar-refractivity contribution in [2.45, 2.75) is 25.3 Å². The molecule has 1 aliphatic rings. The quantitative estimate of drug-likeness (QED) is 0.788. The van der Waals surface area contributed by atoms with E-state index < -0.39 is 17.8 Å². The monoisotopic (exact) mass is 282 g/mol. The molecule has 1 saturated carbocycles. The van der Waals surface area contributed by atoms with Crippen molar-refractivity contribution in [3.05, 3.63) is 28.8 Å². The van der Waals surface area contributed by atoms with Gasteiger partial charge in [-0.25, -0.2) is 0 Å². The summed E-state index contributed by atoms with van der Waals surface area (Å²) in [5, 5.41) is 12.7. The van der Waals surface area contributed by atoms with E-state index in [1.165, 1.54) is 6.07 Å². The largest absolute Gasteiger partial charge is 0.481 e. The van der Waals surface area contributed by atoms with E-state index in [9.17, 15) is 9.59 Å². The molecule has 2 unspecified atom stereocenters. The molecule has 0 radical (unpaired) electrons. The summed E-state index contributed by atoms with van der Waals surface area (Å²) in [6.07, 6.45) is 2.24. The van der Waals surface area contributed by atoms with Gasteiger partial charge in [0.1, 0.15) is 0 Å². The molecule has 1 fully saturated rings. The topological polar surface area (TPSA) is 92.4 Å². The molecule has 102 valence electrons. The van der Waals surface area contributed by atoms with Crippen molar-refractivity contribution in [3.8, 4) is 0 Å². The van der Waals surface area contributed by atoms with E-state index in [0.717, 1.165) is 12.8 Å². The lowest BCUT2D eigenvalue weighted by atomic mass is 10.0. The average Bonchev–Trinajstić information content (AvgIpc) is 2.76. The SMILES string of the molecule is NC(=O)c1ccc(Cl)cc1NC1CCCC1C(=O)O. The van der Waals surface area contributed by atoms with Gasteiger partial charge in [-0.15, -0.1) is 0 Å². The fraction of sp³-hybridized carbons (Fsp3) is 0.385. The number of carboxylic acids is 1. The van der Waals surface area contributed by atoms with Gasteiger partial charge in [-0.3, -0.25) is 9.59 Å². The number of carbonyl (C=O) groups is 2. The van der Waals surface area contributed by atoms with Crippen LogP contribution in [0.1, 0.15) is 29.6 Å². The number of anilines is 1. The molecule has 4 N–H and O–H groups in total. The zero-order chi connectivity index (χ0) is 14.0. The molecule has 2 rings (SSSR count). The fourth-order valence-corrected chi connectivity index (χ4v) is 2.65. The van der Waals surface area contributed by atoms with Crippen LogP contribution in [0.2, 0.25) is 5.02 Å². The third-order valence-corrected chi connectivity index (χ3v) is 3.66. The van der Waals surface area contributed by atoms with Crippen LogP contribution in [0.15, 0.2) is 18.2 Å². The Morgan fingerprint density at radius 2 is 2.11 bits per heavy atom. The highest BCUT2D eigenvalue weighted by molar-refractivity contribution is 6.31. The summed E-state index contributed by atoms with van der Waals surface area (Å²) in [4.78, 5) is 22.5. The molecule has 0 aromatic heterocycles. The molecular formula is C13H15ClN2O3. The number of aliphatic carboxylic acids is 1. The van der Waals surface area contributed by atoms with Crippen LogP contribution in [0.4, 0.5) is 5.69 Å². The van der Waals surface area contributed by atoms with E-state index in [1.54, 1.807) is 12.1 Å². The molecule has 19 heavy (non-hydrogen) atoms. The van der Waals surface area contributed by atoms with Crippen LogP contribution >= 0.6 is 11.6 Å². The number of amides is 1. The van der Waals surface area contributed by atoms with Crippen LogP contribution in [0, 0.1) is 5.92 Å². The number of hydrogen-bond donors (Lipinski definition) is 3. The van der Waals surface area contributed by atoms with Gasteiger partial charge < -0.3 is 16.2 Å². The van der Waals surface area contributed by atoms with Gasteiger partial charge in [0.25, 0.3) is 5.91 Å². The van der Waals surface area contributed by atoms with Crippen molar-refractivity contribution in [2.24, 2.45) is 11.7 Å². The Labute approximate surface area is 115 Å². The average molecular weight is 283 g/mol. The summed E-state index contributed by atoms with van der Waals surface area (Å²) < 4.78 is 0. The number of nitrogens with one attached hydrogen (secondary N) is 1. The number of carboxylic acid groups (broad SMARTS) is 1. The van der Waals surface area contributed by atoms with Crippen LogP contribution in [0.5, 0.6) is 0 Å². The minimum atomic E-state index is -0.822. The number of hydrogen-bond acceptors (Lipinski definition) is 3. The van der Waals surface area contributed by atoms with Gasteiger partial charge in [0.15, 0.2) is 0 Å². The number of carbonyl (C=O) groups excluding carboxylic acids is 1. The summed E-state index contributed by atoms with van der Waals surface area (Å²) >= 11 is 5.90. The third kappa shape index (κ3) is 2.98. The summed E-state index contributed by atoms with van der Waals surface area (Å²) in [6.45, 7) is 0. The highest BCUT2D eigenvalue weighted by Crippen LogP contribution is 2.30. The second kappa shape index (κ2) is 5.48. The van der Waals surface area contributed by atoms with Gasteiger partial charge in [-0.1, -0.05) is 18.0 Å². The van der Waals surface area contributed by atoms with Crippen LogP contribution in [0.3, 0.4) is 0 Å². The molecule has 1 amide bonds. The van der Waals surface area contributed by atoms with Gasteiger partial charge >= 0.3 is 5.97 Å². The first-order valence-electron chi connectivity index (χ1n) is 6.07. The fourth-order valence-electron chi connectivity index (χ4n) is 2.48. The highest BCUT2D eigenvalue weighted by Gasteiger charge is 2.33. The van der Waals surface area contributed by atoms with Crippen molar-refractivity contribution in [1.29, 1.82) is 0 Å². The van der Waals surface area contributed by atoms with Crippen LogP contribution in [-0.4, -0.2) is 23.0 Å². The molecule has 0 bridgehead atoms. The number of nitrogens with two attached hydrogens (primary N) is 1. The molecule has 1 aromatic rings. The normalized spacial score (nSPS) is 22.2. The van der Waals surface area contributed by atoms with E-state index >= 15 is 0 Å². The lowest BCUT2D eigenvalue weighted by Gasteiger charge is -2.20. The minimum Gasteiger partial charge on any atom is -0.481 e. The van der Waals surface area contributed by atoms with Crippen molar-refractivity contribution >= 4 is 29.2 Å². The zero-order valence-corrected chi connectivity index (χ0v) is 11.0. The Kier molecular flexibility index (Phi) is 3.95. The number of benzene rings is 1.